The summed E-state index contributed by atoms with van der Waals surface area (Å²) in [5, 5.41) is 1.49. The third kappa shape index (κ3) is 4.65. The molecule has 1 atom stereocenters. The van der Waals surface area contributed by atoms with Gasteiger partial charge in [-0.1, -0.05) is 34.6 Å². The van der Waals surface area contributed by atoms with Crippen LogP contribution in [-0.2, 0) is 4.79 Å². The molecule has 0 rings (SSSR count). The second kappa shape index (κ2) is 4.39. The van der Waals surface area contributed by atoms with Crippen molar-refractivity contribution in [2.24, 2.45) is 0 Å². The Hall–Kier alpha value is 0.500. The van der Waals surface area contributed by atoms with Crippen molar-refractivity contribution < 1.29 is 4.79 Å². The van der Waals surface area contributed by atoms with Crippen LogP contribution < -0.4 is 0 Å². The van der Waals surface area contributed by atoms with Gasteiger partial charge in [0, 0.05) is 17.5 Å². The summed E-state index contributed by atoms with van der Waals surface area (Å²) in [5.41, 5.74) is 0. The quantitative estimate of drug-likeness (QED) is 0.630. The standard InChI is InChI=1S/C5H9BrOS/c1-4(3-6)8-5(2)7/h4H,3H2,1-2H3. The van der Waals surface area contributed by atoms with Crippen molar-refractivity contribution in [3.63, 3.8) is 0 Å². The molecule has 0 bridgehead atoms. The van der Waals surface area contributed by atoms with Gasteiger partial charge in [0.15, 0.2) is 5.12 Å². The van der Waals surface area contributed by atoms with E-state index >= 15 is 0 Å². The maximum Gasteiger partial charge on any atom is 0.186 e. The van der Waals surface area contributed by atoms with Crippen molar-refractivity contribution in [2.75, 3.05) is 5.33 Å². The molecule has 0 aromatic carbocycles. The molecule has 0 fully saturated rings. The average molecular weight is 197 g/mol. The van der Waals surface area contributed by atoms with E-state index in [1.54, 1.807) is 6.92 Å². The maximum atomic E-state index is 10.4. The van der Waals surface area contributed by atoms with E-state index in [2.05, 4.69) is 15.9 Å². The van der Waals surface area contributed by atoms with Crippen LogP contribution in [0.1, 0.15) is 13.8 Å². The summed E-state index contributed by atoms with van der Waals surface area (Å²) in [6.45, 7) is 3.60. The van der Waals surface area contributed by atoms with Crippen LogP contribution in [0.5, 0.6) is 0 Å². The molecule has 0 aliphatic carbocycles. The molecule has 0 aliphatic heterocycles. The van der Waals surface area contributed by atoms with Crippen molar-refractivity contribution in [3.05, 3.63) is 0 Å². The number of carbonyl (C=O) groups excluding carboxylic acids is 1. The first-order chi connectivity index (χ1) is 3.66. The van der Waals surface area contributed by atoms with Crippen LogP contribution in [0, 0.1) is 0 Å². The van der Waals surface area contributed by atoms with Crippen LogP contribution in [0.3, 0.4) is 0 Å². The minimum absolute atomic E-state index is 0.192. The van der Waals surface area contributed by atoms with E-state index in [9.17, 15) is 4.79 Å². The monoisotopic (exact) mass is 196 g/mol. The number of carbonyl (C=O) groups is 1. The Labute approximate surface area is 62.4 Å². The fraction of sp³-hybridized carbons (Fsp3) is 0.800. The fourth-order valence-electron chi connectivity index (χ4n) is 0.315. The van der Waals surface area contributed by atoms with Gasteiger partial charge in [0.25, 0.3) is 0 Å². The largest absolute Gasteiger partial charge is 0.288 e. The summed E-state index contributed by atoms with van der Waals surface area (Å²) in [6, 6.07) is 0. The fourth-order valence-corrected chi connectivity index (χ4v) is 1.34. The molecular weight excluding hydrogens is 188 g/mol. The normalized spacial score (nSPS) is 13.4. The summed E-state index contributed by atoms with van der Waals surface area (Å²) in [5.74, 6) is 0. The Balaban J connectivity index is 3.24. The zero-order valence-electron chi connectivity index (χ0n) is 4.98. The molecule has 8 heavy (non-hydrogen) atoms. The van der Waals surface area contributed by atoms with Crippen LogP contribution in [0.2, 0.25) is 0 Å². The van der Waals surface area contributed by atoms with Gasteiger partial charge in [0.2, 0.25) is 0 Å². The lowest BCUT2D eigenvalue weighted by molar-refractivity contribution is -0.109. The molecule has 0 radical (unpaired) electrons. The van der Waals surface area contributed by atoms with Crippen molar-refractivity contribution in [2.45, 2.75) is 19.1 Å². The van der Waals surface area contributed by atoms with E-state index < -0.39 is 0 Å². The Morgan fingerprint density at radius 1 is 1.88 bits per heavy atom. The summed E-state index contributed by atoms with van der Waals surface area (Å²) in [7, 11) is 0. The Morgan fingerprint density at radius 3 is 2.50 bits per heavy atom. The van der Waals surface area contributed by atoms with Gasteiger partial charge in [-0.3, -0.25) is 4.79 Å². The highest BCUT2D eigenvalue weighted by molar-refractivity contribution is 9.09. The van der Waals surface area contributed by atoms with Gasteiger partial charge >= 0.3 is 0 Å². The summed E-state index contributed by atoms with van der Waals surface area (Å²) < 4.78 is 0. The SMILES string of the molecule is CC(=O)SC(C)CBr. The zero-order valence-corrected chi connectivity index (χ0v) is 7.38. The molecule has 0 saturated carbocycles. The van der Waals surface area contributed by atoms with Crippen LogP contribution in [0.25, 0.3) is 0 Å². The number of rotatable bonds is 2. The summed E-state index contributed by atoms with van der Waals surface area (Å²) in [6.07, 6.45) is 0. The minimum Gasteiger partial charge on any atom is -0.288 e. The molecule has 0 aromatic rings. The molecular formula is C5H9BrOS. The molecule has 0 N–H and O–H groups in total. The Morgan fingerprint density at radius 2 is 2.38 bits per heavy atom. The molecule has 0 saturated heterocycles. The number of hydrogen-bond acceptors (Lipinski definition) is 2. The number of hydrogen-bond donors (Lipinski definition) is 0. The molecule has 1 unspecified atom stereocenters. The zero-order chi connectivity index (χ0) is 6.57. The minimum atomic E-state index is 0.192. The molecule has 3 heteroatoms. The summed E-state index contributed by atoms with van der Waals surface area (Å²) >= 11 is 4.64. The van der Waals surface area contributed by atoms with E-state index in [0.717, 1.165) is 5.33 Å². The average Bonchev–Trinajstić information content (AvgIpc) is 1.65. The van der Waals surface area contributed by atoms with E-state index in [4.69, 9.17) is 0 Å². The molecule has 0 spiro atoms. The van der Waals surface area contributed by atoms with Crippen molar-refractivity contribution >= 4 is 32.8 Å². The molecule has 0 aromatic heterocycles. The van der Waals surface area contributed by atoms with Crippen molar-refractivity contribution in [3.8, 4) is 0 Å². The lowest BCUT2D eigenvalue weighted by Gasteiger charge is -2.00. The van der Waals surface area contributed by atoms with Gasteiger partial charge in [-0.05, 0) is 0 Å². The van der Waals surface area contributed by atoms with Gasteiger partial charge in [-0.25, -0.2) is 0 Å². The highest BCUT2D eigenvalue weighted by Gasteiger charge is 2.01. The van der Waals surface area contributed by atoms with Crippen LogP contribution in [0.4, 0.5) is 0 Å². The predicted octanol–water partition coefficient (Wildman–Crippen LogP) is 2.05. The van der Waals surface area contributed by atoms with Crippen molar-refractivity contribution in [1.29, 1.82) is 0 Å². The van der Waals surface area contributed by atoms with Crippen molar-refractivity contribution in [1.82, 2.24) is 0 Å². The van der Waals surface area contributed by atoms with Gasteiger partial charge in [-0.15, -0.1) is 0 Å². The van der Waals surface area contributed by atoms with Gasteiger partial charge in [-0.2, -0.15) is 0 Å². The van der Waals surface area contributed by atoms with Crippen LogP contribution in [-0.4, -0.2) is 15.7 Å². The van der Waals surface area contributed by atoms with E-state index in [0.29, 0.717) is 5.25 Å². The van der Waals surface area contributed by atoms with Gasteiger partial charge < -0.3 is 0 Å². The highest BCUT2D eigenvalue weighted by Crippen LogP contribution is 2.12. The second-order valence-electron chi connectivity index (χ2n) is 1.57. The first kappa shape index (κ1) is 8.50. The number of alkyl halides is 1. The molecule has 1 nitrogen and oxygen atoms in total. The lowest BCUT2D eigenvalue weighted by Crippen LogP contribution is -1.99. The molecule has 0 heterocycles. The maximum absolute atomic E-state index is 10.4. The first-order valence-corrected chi connectivity index (χ1v) is 4.40. The third-order valence-corrected chi connectivity index (χ3v) is 2.89. The first-order valence-electron chi connectivity index (χ1n) is 2.40. The van der Waals surface area contributed by atoms with Gasteiger partial charge in [0.1, 0.15) is 0 Å². The van der Waals surface area contributed by atoms with Gasteiger partial charge in [0.05, 0.1) is 0 Å². The third-order valence-electron chi connectivity index (χ3n) is 0.584. The lowest BCUT2D eigenvalue weighted by atomic mass is 10.6. The Kier molecular flexibility index (Phi) is 4.66. The number of thioether (sulfide) groups is 1. The second-order valence-corrected chi connectivity index (χ2v) is 3.84. The Bertz CT molecular complexity index is 84.5. The van der Waals surface area contributed by atoms with E-state index in [1.165, 1.54) is 11.8 Å². The van der Waals surface area contributed by atoms with E-state index in [-0.39, 0.29) is 5.12 Å². The highest BCUT2D eigenvalue weighted by atomic mass is 79.9. The molecule has 0 amide bonds. The van der Waals surface area contributed by atoms with E-state index in [1.807, 2.05) is 6.92 Å². The predicted molar refractivity (Wildman–Crippen MR) is 41.5 cm³/mol. The topological polar surface area (TPSA) is 17.1 Å². The number of halogens is 1. The molecule has 48 valence electrons. The smallest absolute Gasteiger partial charge is 0.186 e. The van der Waals surface area contributed by atoms with Crippen LogP contribution >= 0.6 is 27.7 Å². The summed E-state index contributed by atoms with van der Waals surface area (Å²) in [4.78, 5) is 10.4. The molecule has 0 aliphatic rings. The van der Waals surface area contributed by atoms with Crippen LogP contribution in [0.15, 0.2) is 0 Å².